The van der Waals surface area contributed by atoms with Crippen molar-refractivity contribution >= 4 is 15.9 Å². The summed E-state index contributed by atoms with van der Waals surface area (Å²) in [4.78, 5) is 0. The molecule has 0 radical (unpaired) electrons. The van der Waals surface area contributed by atoms with Crippen molar-refractivity contribution in [2.24, 2.45) is 0 Å². The Morgan fingerprint density at radius 3 is 2.71 bits per heavy atom. The molecule has 0 heterocycles. The van der Waals surface area contributed by atoms with Crippen LogP contribution < -0.4 is 5.32 Å². The van der Waals surface area contributed by atoms with Crippen LogP contribution in [0.4, 0.5) is 0 Å². The van der Waals surface area contributed by atoms with Crippen molar-refractivity contribution in [2.45, 2.75) is 45.3 Å². The highest BCUT2D eigenvalue weighted by Crippen LogP contribution is 2.20. The van der Waals surface area contributed by atoms with Crippen LogP contribution in [0.5, 0.6) is 0 Å². The van der Waals surface area contributed by atoms with Crippen LogP contribution in [0.25, 0.3) is 0 Å². The largest absolute Gasteiger partial charge is 0.392 e. The predicted octanol–water partition coefficient (Wildman–Crippen LogP) is 3.65. The van der Waals surface area contributed by atoms with Gasteiger partial charge in [0.25, 0.3) is 0 Å². The molecule has 0 saturated heterocycles. The molecule has 2 atom stereocenters. The second kappa shape index (κ2) is 7.85. The number of hydrogen-bond donors (Lipinski definition) is 2. The Balaban J connectivity index is 2.54. The summed E-state index contributed by atoms with van der Waals surface area (Å²) in [6.07, 6.45) is 2.68. The summed E-state index contributed by atoms with van der Waals surface area (Å²) in [6, 6.07) is 8.65. The zero-order chi connectivity index (χ0) is 12.7. The highest BCUT2D eigenvalue weighted by atomic mass is 79.9. The van der Waals surface area contributed by atoms with E-state index in [-0.39, 0.29) is 6.10 Å². The quantitative estimate of drug-likeness (QED) is 0.805. The van der Waals surface area contributed by atoms with Crippen LogP contribution in [0.15, 0.2) is 28.7 Å². The first-order chi connectivity index (χ1) is 8.17. The molecule has 0 amide bonds. The second-order valence-electron chi connectivity index (χ2n) is 4.37. The van der Waals surface area contributed by atoms with E-state index in [1.54, 1.807) is 0 Å². The van der Waals surface area contributed by atoms with Gasteiger partial charge in [0, 0.05) is 17.1 Å². The fourth-order valence-corrected chi connectivity index (χ4v) is 2.35. The maximum Gasteiger partial charge on any atom is 0.0664 e. The van der Waals surface area contributed by atoms with Gasteiger partial charge in [-0.05, 0) is 30.5 Å². The summed E-state index contributed by atoms with van der Waals surface area (Å²) in [6.45, 7) is 4.92. The molecule has 96 valence electrons. The Morgan fingerprint density at radius 2 is 2.12 bits per heavy atom. The van der Waals surface area contributed by atoms with E-state index >= 15 is 0 Å². The van der Waals surface area contributed by atoms with Gasteiger partial charge < -0.3 is 10.4 Å². The summed E-state index contributed by atoms with van der Waals surface area (Å²) in [5.74, 6) is 0. The van der Waals surface area contributed by atoms with Gasteiger partial charge in [-0.3, -0.25) is 0 Å². The maximum absolute atomic E-state index is 9.72. The molecule has 0 aliphatic rings. The first kappa shape index (κ1) is 14.7. The molecule has 3 heteroatoms. The summed E-state index contributed by atoms with van der Waals surface area (Å²) >= 11 is 3.49. The Bertz CT molecular complexity index is 330. The first-order valence-electron chi connectivity index (χ1n) is 6.34. The van der Waals surface area contributed by atoms with E-state index < -0.39 is 0 Å². The molecule has 0 fully saturated rings. The average molecular weight is 300 g/mol. The van der Waals surface area contributed by atoms with Crippen molar-refractivity contribution < 1.29 is 5.11 Å². The molecule has 0 spiro atoms. The molecule has 1 aromatic carbocycles. The maximum atomic E-state index is 9.72. The van der Waals surface area contributed by atoms with Gasteiger partial charge in [-0.2, -0.15) is 0 Å². The van der Waals surface area contributed by atoms with Gasteiger partial charge in [-0.1, -0.05) is 48.3 Å². The molecular formula is C14H22BrNO. The molecule has 2 nitrogen and oxygen atoms in total. The molecule has 1 aromatic rings. The van der Waals surface area contributed by atoms with Gasteiger partial charge in [0.15, 0.2) is 0 Å². The molecule has 0 bridgehead atoms. The lowest BCUT2D eigenvalue weighted by molar-refractivity contribution is 0.156. The van der Waals surface area contributed by atoms with Crippen molar-refractivity contribution in [3.05, 3.63) is 34.3 Å². The Morgan fingerprint density at radius 1 is 1.35 bits per heavy atom. The average Bonchev–Trinajstić information content (AvgIpc) is 2.30. The molecule has 0 aromatic heterocycles. The molecule has 2 N–H and O–H groups in total. The third-order valence-electron chi connectivity index (χ3n) is 2.88. The zero-order valence-electron chi connectivity index (χ0n) is 10.6. The predicted molar refractivity (Wildman–Crippen MR) is 76.1 cm³/mol. The summed E-state index contributed by atoms with van der Waals surface area (Å²) in [7, 11) is 0. The number of hydrogen-bond acceptors (Lipinski definition) is 2. The lowest BCUT2D eigenvalue weighted by atomic mass is 10.0. The van der Waals surface area contributed by atoms with Gasteiger partial charge in [0.2, 0.25) is 0 Å². The van der Waals surface area contributed by atoms with Crippen molar-refractivity contribution in [2.75, 3.05) is 6.54 Å². The zero-order valence-corrected chi connectivity index (χ0v) is 12.2. The standard InChI is InChI=1S/C14H22BrNO/c1-3-6-13(17)10-16-14(4-2)11-7-5-8-12(15)9-11/h5,7-9,13-14,16-17H,3-4,6,10H2,1-2H3. The fraction of sp³-hybridized carbons (Fsp3) is 0.571. The number of aliphatic hydroxyl groups excluding tert-OH is 1. The summed E-state index contributed by atoms with van der Waals surface area (Å²) in [5.41, 5.74) is 1.27. The van der Waals surface area contributed by atoms with E-state index in [9.17, 15) is 5.11 Å². The minimum atomic E-state index is -0.235. The lowest BCUT2D eigenvalue weighted by Gasteiger charge is -2.20. The van der Waals surface area contributed by atoms with Gasteiger partial charge in [0.05, 0.1) is 6.10 Å². The highest BCUT2D eigenvalue weighted by Gasteiger charge is 2.11. The molecule has 0 aliphatic carbocycles. The van der Waals surface area contributed by atoms with Gasteiger partial charge in [-0.15, -0.1) is 0 Å². The Kier molecular flexibility index (Phi) is 6.78. The topological polar surface area (TPSA) is 32.3 Å². The third-order valence-corrected chi connectivity index (χ3v) is 3.37. The van der Waals surface area contributed by atoms with E-state index in [1.165, 1.54) is 5.56 Å². The second-order valence-corrected chi connectivity index (χ2v) is 5.28. The van der Waals surface area contributed by atoms with Crippen LogP contribution in [0.3, 0.4) is 0 Å². The van der Waals surface area contributed by atoms with Gasteiger partial charge in [0.1, 0.15) is 0 Å². The monoisotopic (exact) mass is 299 g/mol. The smallest absolute Gasteiger partial charge is 0.0664 e. The van der Waals surface area contributed by atoms with Crippen LogP contribution in [-0.2, 0) is 0 Å². The Hall–Kier alpha value is -0.380. The van der Waals surface area contributed by atoms with Gasteiger partial charge in [-0.25, -0.2) is 0 Å². The first-order valence-corrected chi connectivity index (χ1v) is 7.13. The van der Waals surface area contributed by atoms with E-state index in [4.69, 9.17) is 0 Å². The Labute approximate surface area is 113 Å². The van der Waals surface area contributed by atoms with Crippen molar-refractivity contribution in [1.82, 2.24) is 5.32 Å². The van der Waals surface area contributed by atoms with Crippen molar-refractivity contribution in [3.8, 4) is 0 Å². The fourth-order valence-electron chi connectivity index (χ4n) is 1.93. The molecular weight excluding hydrogens is 278 g/mol. The molecule has 17 heavy (non-hydrogen) atoms. The van der Waals surface area contributed by atoms with E-state index in [2.05, 4.69) is 47.2 Å². The van der Waals surface area contributed by atoms with E-state index in [0.29, 0.717) is 12.6 Å². The normalized spacial score (nSPS) is 14.6. The molecule has 0 aliphatic heterocycles. The van der Waals surface area contributed by atoms with Crippen molar-refractivity contribution in [3.63, 3.8) is 0 Å². The van der Waals surface area contributed by atoms with Crippen LogP contribution in [-0.4, -0.2) is 17.8 Å². The highest BCUT2D eigenvalue weighted by molar-refractivity contribution is 9.10. The lowest BCUT2D eigenvalue weighted by Crippen LogP contribution is -2.30. The summed E-state index contributed by atoms with van der Waals surface area (Å²) < 4.78 is 1.10. The third kappa shape index (κ3) is 5.19. The number of nitrogens with one attached hydrogen (secondary N) is 1. The minimum Gasteiger partial charge on any atom is -0.392 e. The number of benzene rings is 1. The minimum absolute atomic E-state index is 0.235. The molecule has 0 saturated carbocycles. The summed E-state index contributed by atoms with van der Waals surface area (Å²) in [5, 5.41) is 13.1. The van der Waals surface area contributed by atoms with E-state index in [1.807, 2.05) is 12.1 Å². The number of aliphatic hydroxyl groups is 1. The van der Waals surface area contributed by atoms with Crippen molar-refractivity contribution in [1.29, 1.82) is 0 Å². The van der Waals surface area contributed by atoms with Crippen LogP contribution in [0.2, 0.25) is 0 Å². The number of halogens is 1. The van der Waals surface area contributed by atoms with Crippen LogP contribution in [0, 0.1) is 0 Å². The molecule has 2 unspecified atom stereocenters. The number of rotatable bonds is 7. The van der Waals surface area contributed by atoms with Crippen LogP contribution >= 0.6 is 15.9 Å². The van der Waals surface area contributed by atoms with Crippen LogP contribution in [0.1, 0.15) is 44.7 Å². The molecule has 1 rings (SSSR count). The van der Waals surface area contributed by atoms with E-state index in [0.717, 1.165) is 23.7 Å². The SMILES string of the molecule is CCCC(O)CNC(CC)c1cccc(Br)c1. The van der Waals surface area contributed by atoms with Gasteiger partial charge >= 0.3 is 0 Å².